The summed E-state index contributed by atoms with van der Waals surface area (Å²) < 4.78 is 0. The monoisotopic (exact) mass is 316 g/mol. The van der Waals surface area contributed by atoms with Crippen LogP contribution in [0.1, 0.15) is 6.42 Å². The second kappa shape index (κ2) is 5.69. The van der Waals surface area contributed by atoms with Crippen molar-refractivity contribution in [3.63, 3.8) is 0 Å². The van der Waals surface area contributed by atoms with Crippen molar-refractivity contribution >= 4 is 34.8 Å². The van der Waals surface area contributed by atoms with Gasteiger partial charge in [-0.3, -0.25) is 9.59 Å². The maximum Gasteiger partial charge on any atom is 0.256 e. The normalized spacial score (nSPS) is 17.9. The van der Waals surface area contributed by atoms with Gasteiger partial charge < -0.3 is 10.4 Å². The van der Waals surface area contributed by atoms with E-state index in [4.69, 9.17) is 11.6 Å². The lowest BCUT2D eigenvalue weighted by molar-refractivity contribution is -0.121. The third-order valence-electron chi connectivity index (χ3n) is 3.43. The summed E-state index contributed by atoms with van der Waals surface area (Å²) in [5, 5.41) is 12.8. The fourth-order valence-electron chi connectivity index (χ4n) is 2.43. The van der Waals surface area contributed by atoms with Crippen LogP contribution in [-0.2, 0) is 9.59 Å². The van der Waals surface area contributed by atoms with Crippen molar-refractivity contribution in [2.75, 3.05) is 10.2 Å². The summed E-state index contributed by atoms with van der Waals surface area (Å²) in [6, 6.07) is 12.4. The number of phenols is 1. The maximum atomic E-state index is 12.5. The Bertz CT molecular complexity index is 748. The number of anilines is 2. The Morgan fingerprint density at radius 2 is 1.91 bits per heavy atom. The topological polar surface area (TPSA) is 69.6 Å². The van der Waals surface area contributed by atoms with Gasteiger partial charge >= 0.3 is 0 Å². The van der Waals surface area contributed by atoms with Gasteiger partial charge in [-0.1, -0.05) is 29.8 Å². The van der Waals surface area contributed by atoms with Crippen LogP contribution in [0.4, 0.5) is 11.4 Å². The van der Waals surface area contributed by atoms with E-state index in [1.54, 1.807) is 36.4 Å². The van der Waals surface area contributed by atoms with Gasteiger partial charge in [-0.15, -0.1) is 0 Å². The molecule has 1 fully saturated rings. The maximum absolute atomic E-state index is 12.5. The summed E-state index contributed by atoms with van der Waals surface area (Å²) >= 11 is 6.06. The number of imide groups is 1. The van der Waals surface area contributed by atoms with Crippen LogP contribution in [0.25, 0.3) is 0 Å². The van der Waals surface area contributed by atoms with Crippen LogP contribution < -0.4 is 10.2 Å². The summed E-state index contributed by atoms with van der Waals surface area (Å²) in [4.78, 5) is 25.7. The highest BCUT2D eigenvalue weighted by Gasteiger charge is 2.40. The van der Waals surface area contributed by atoms with E-state index < -0.39 is 6.04 Å². The van der Waals surface area contributed by atoms with Crippen molar-refractivity contribution in [3.8, 4) is 5.75 Å². The third-order valence-corrected chi connectivity index (χ3v) is 3.75. The number of nitrogens with one attached hydrogen (secondary N) is 1. The Balaban J connectivity index is 1.84. The number of amides is 2. The number of carbonyl (C=O) groups is 2. The van der Waals surface area contributed by atoms with Gasteiger partial charge in [0.25, 0.3) is 5.91 Å². The van der Waals surface area contributed by atoms with Crippen LogP contribution in [0.5, 0.6) is 5.75 Å². The molecule has 6 heteroatoms. The van der Waals surface area contributed by atoms with Crippen molar-refractivity contribution in [2.24, 2.45) is 0 Å². The van der Waals surface area contributed by atoms with E-state index in [1.807, 2.05) is 0 Å². The minimum Gasteiger partial charge on any atom is -0.508 e. The Morgan fingerprint density at radius 3 is 2.64 bits per heavy atom. The molecule has 1 heterocycles. The number of halogens is 1. The quantitative estimate of drug-likeness (QED) is 0.854. The molecule has 2 amide bonds. The van der Waals surface area contributed by atoms with Gasteiger partial charge in [-0.25, -0.2) is 4.90 Å². The zero-order chi connectivity index (χ0) is 15.7. The molecule has 1 unspecified atom stereocenters. The molecule has 3 rings (SSSR count). The van der Waals surface area contributed by atoms with Gasteiger partial charge in [0.05, 0.1) is 17.1 Å². The van der Waals surface area contributed by atoms with Crippen LogP contribution in [0, 0.1) is 0 Å². The predicted octanol–water partition coefficient (Wildman–Crippen LogP) is 2.79. The number of para-hydroxylation sites is 1. The SMILES string of the molecule is O=C1CC(Nc2cccc(O)c2)C(=O)N1c1ccccc1Cl. The van der Waals surface area contributed by atoms with Crippen LogP contribution >= 0.6 is 11.6 Å². The molecule has 5 nitrogen and oxygen atoms in total. The highest BCUT2D eigenvalue weighted by molar-refractivity contribution is 6.36. The highest BCUT2D eigenvalue weighted by atomic mass is 35.5. The Hall–Kier alpha value is -2.53. The Kier molecular flexibility index (Phi) is 3.73. The Labute approximate surface area is 132 Å². The standard InChI is InChI=1S/C16H13ClN2O3/c17-12-6-1-2-7-14(12)19-15(21)9-13(16(19)22)18-10-4-3-5-11(20)8-10/h1-8,13,18,20H,9H2. The van der Waals surface area contributed by atoms with E-state index in [-0.39, 0.29) is 24.0 Å². The first-order chi connectivity index (χ1) is 10.6. The highest BCUT2D eigenvalue weighted by Crippen LogP contribution is 2.31. The molecule has 2 aromatic rings. The number of carbonyl (C=O) groups excluding carboxylic acids is 2. The molecule has 0 aromatic heterocycles. The van der Waals surface area contributed by atoms with E-state index in [0.717, 1.165) is 4.90 Å². The average molecular weight is 317 g/mol. The number of benzene rings is 2. The van der Waals surface area contributed by atoms with E-state index in [1.165, 1.54) is 12.1 Å². The minimum atomic E-state index is -0.675. The summed E-state index contributed by atoms with van der Waals surface area (Å²) in [5.74, 6) is -0.582. The molecule has 1 atom stereocenters. The minimum absolute atomic E-state index is 0.0414. The molecule has 1 saturated heterocycles. The first-order valence-corrected chi connectivity index (χ1v) is 7.11. The average Bonchev–Trinajstić information content (AvgIpc) is 2.74. The number of rotatable bonds is 3. The summed E-state index contributed by atoms with van der Waals surface area (Å²) in [5.41, 5.74) is 0.964. The number of phenolic OH excluding ortho intramolecular Hbond substituents is 1. The molecule has 2 aromatic carbocycles. The zero-order valence-corrected chi connectivity index (χ0v) is 12.2. The zero-order valence-electron chi connectivity index (χ0n) is 11.5. The van der Waals surface area contributed by atoms with E-state index in [2.05, 4.69) is 5.32 Å². The number of hydrogen-bond donors (Lipinski definition) is 2. The molecule has 0 spiro atoms. The number of hydrogen-bond acceptors (Lipinski definition) is 4. The predicted molar refractivity (Wildman–Crippen MR) is 84.1 cm³/mol. The largest absolute Gasteiger partial charge is 0.508 e. The van der Waals surface area contributed by atoms with Gasteiger partial charge in [0.1, 0.15) is 11.8 Å². The van der Waals surface area contributed by atoms with Crippen molar-refractivity contribution in [1.29, 1.82) is 0 Å². The lowest BCUT2D eigenvalue weighted by atomic mass is 10.2. The van der Waals surface area contributed by atoms with Gasteiger partial charge in [0.15, 0.2) is 0 Å². The van der Waals surface area contributed by atoms with Crippen LogP contribution in [-0.4, -0.2) is 23.0 Å². The van der Waals surface area contributed by atoms with Gasteiger partial charge in [0.2, 0.25) is 5.91 Å². The third kappa shape index (κ3) is 2.63. The summed E-state index contributed by atoms with van der Waals surface area (Å²) in [6.45, 7) is 0. The molecular weight excluding hydrogens is 304 g/mol. The molecule has 1 aliphatic heterocycles. The lowest BCUT2D eigenvalue weighted by Crippen LogP contribution is -2.34. The van der Waals surface area contributed by atoms with Crippen molar-refractivity contribution < 1.29 is 14.7 Å². The molecule has 2 N–H and O–H groups in total. The molecule has 22 heavy (non-hydrogen) atoms. The smallest absolute Gasteiger partial charge is 0.256 e. The molecule has 112 valence electrons. The first-order valence-electron chi connectivity index (χ1n) is 6.73. The molecule has 0 saturated carbocycles. The fourth-order valence-corrected chi connectivity index (χ4v) is 2.65. The van der Waals surface area contributed by atoms with Crippen LogP contribution in [0.2, 0.25) is 5.02 Å². The Morgan fingerprint density at radius 1 is 1.14 bits per heavy atom. The molecule has 0 radical (unpaired) electrons. The van der Waals surface area contributed by atoms with E-state index in [9.17, 15) is 14.7 Å². The van der Waals surface area contributed by atoms with Gasteiger partial charge in [-0.2, -0.15) is 0 Å². The lowest BCUT2D eigenvalue weighted by Gasteiger charge is -2.17. The van der Waals surface area contributed by atoms with Crippen molar-refractivity contribution in [1.82, 2.24) is 0 Å². The van der Waals surface area contributed by atoms with Crippen molar-refractivity contribution in [3.05, 3.63) is 53.6 Å². The van der Waals surface area contributed by atoms with E-state index >= 15 is 0 Å². The second-order valence-corrected chi connectivity index (χ2v) is 5.38. The number of nitrogens with zero attached hydrogens (tertiary/aromatic N) is 1. The van der Waals surface area contributed by atoms with Crippen molar-refractivity contribution in [2.45, 2.75) is 12.5 Å². The summed E-state index contributed by atoms with van der Waals surface area (Å²) in [7, 11) is 0. The van der Waals surface area contributed by atoms with Gasteiger partial charge in [-0.05, 0) is 24.3 Å². The van der Waals surface area contributed by atoms with Crippen LogP contribution in [0.3, 0.4) is 0 Å². The molecule has 1 aliphatic rings. The first kappa shape index (κ1) is 14.4. The molecule has 0 aliphatic carbocycles. The van der Waals surface area contributed by atoms with Crippen LogP contribution in [0.15, 0.2) is 48.5 Å². The fraction of sp³-hybridized carbons (Fsp3) is 0.125. The van der Waals surface area contributed by atoms with E-state index in [0.29, 0.717) is 16.4 Å². The number of aromatic hydroxyl groups is 1. The van der Waals surface area contributed by atoms with Gasteiger partial charge in [0, 0.05) is 11.8 Å². The molecular formula is C16H13ClN2O3. The second-order valence-electron chi connectivity index (χ2n) is 4.97. The molecule has 0 bridgehead atoms. The summed E-state index contributed by atoms with van der Waals surface area (Å²) in [6.07, 6.45) is 0.0414.